The highest BCUT2D eigenvalue weighted by Crippen LogP contribution is 2.26. The van der Waals surface area contributed by atoms with Crippen LogP contribution >= 0.6 is 11.3 Å². The summed E-state index contributed by atoms with van der Waals surface area (Å²) in [6.07, 6.45) is 0. The third kappa shape index (κ3) is 1.86. The van der Waals surface area contributed by atoms with E-state index in [9.17, 15) is 0 Å². The van der Waals surface area contributed by atoms with Gasteiger partial charge in [0, 0.05) is 6.54 Å². The molecular formula is C12H13NS. The van der Waals surface area contributed by atoms with Crippen LogP contribution in [-0.4, -0.2) is 7.05 Å². The van der Waals surface area contributed by atoms with Crippen molar-refractivity contribution in [3.8, 4) is 11.1 Å². The predicted molar refractivity (Wildman–Crippen MR) is 62.5 cm³/mol. The molecule has 0 atom stereocenters. The molecule has 0 fully saturated rings. The monoisotopic (exact) mass is 203 g/mol. The highest BCUT2D eigenvalue weighted by molar-refractivity contribution is 7.08. The quantitative estimate of drug-likeness (QED) is 0.808. The Morgan fingerprint density at radius 2 is 1.93 bits per heavy atom. The molecule has 1 aromatic carbocycles. The zero-order valence-electron chi connectivity index (χ0n) is 8.16. The van der Waals surface area contributed by atoms with Gasteiger partial charge in [0.2, 0.25) is 0 Å². The first-order valence-corrected chi connectivity index (χ1v) is 5.61. The van der Waals surface area contributed by atoms with Crippen LogP contribution in [0.1, 0.15) is 5.56 Å². The van der Waals surface area contributed by atoms with E-state index in [1.165, 1.54) is 16.7 Å². The van der Waals surface area contributed by atoms with Gasteiger partial charge >= 0.3 is 0 Å². The molecule has 0 spiro atoms. The minimum atomic E-state index is 0.938. The molecule has 0 radical (unpaired) electrons. The zero-order chi connectivity index (χ0) is 9.80. The van der Waals surface area contributed by atoms with E-state index in [0.717, 1.165) is 6.54 Å². The molecule has 0 saturated carbocycles. The molecule has 0 aliphatic carbocycles. The first kappa shape index (κ1) is 9.44. The summed E-state index contributed by atoms with van der Waals surface area (Å²) in [5.41, 5.74) is 4.03. The molecular weight excluding hydrogens is 190 g/mol. The summed E-state index contributed by atoms with van der Waals surface area (Å²) < 4.78 is 0. The second-order valence-electron chi connectivity index (χ2n) is 3.21. The van der Waals surface area contributed by atoms with Crippen LogP contribution in [0.3, 0.4) is 0 Å². The first-order chi connectivity index (χ1) is 6.92. The van der Waals surface area contributed by atoms with Crippen molar-refractivity contribution in [1.82, 2.24) is 5.32 Å². The van der Waals surface area contributed by atoms with Gasteiger partial charge in [0.05, 0.1) is 0 Å². The lowest BCUT2D eigenvalue weighted by molar-refractivity contribution is 0.822. The highest BCUT2D eigenvalue weighted by Gasteiger charge is 2.04. The van der Waals surface area contributed by atoms with Crippen molar-refractivity contribution in [2.45, 2.75) is 6.54 Å². The van der Waals surface area contributed by atoms with E-state index in [-0.39, 0.29) is 0 Å². The normalized spacial score (nSPS) is 10.4. The summed E-state index contributed by atoms with van der Waals surface area (Å²) in [7, 11) is 1.98. The van der Waals surface area contributed by atoms with Crippen LogP contribution in [0.5, 0.6) is 0 Å². The number of hydrogen-bond acceptors (Lipinski definition) is 2. The van der Waals surface area contributed by atoms with Crippen molar-refractivity contribution < 1.29 is 0 Å². The molecule has 0 aliphatic rings. The molecule has 2 aromatic rings. The summed E-state index contributed by atoms with van der Waals surface area (Å²) in [5, 5.41) is 7.60. The fraction of sp³-hybridized carbons (Fsp3) is 0.167. The molecule has 1 N–H and O–H groups in total. The van der Waals surface area contributed by atoms with E-state index in [1.807, 2.05) is 13.1 Å². The van der Waals surface area contributed by atoms with E-state index in [2.05, 4.69) is 40.3 Å². The lowest BCUT2D eigenvalue weighted by atomic mass is 10.1. The second kappa shape index (κ2) is 4.40. The molecule has 2 rings (SSSR count). The molecule has 0 amide bonds. The first-order valence-electron chi connectivity index (χ1n) is 4.67. The van der Waals surface area contributed by atoms with Crippen LogP contribution in [0.4, 0.5) is 0 Å². The van der Waals surface area contributed by atoms with Gasteiger partial charge in [-0.1, -0.05) is 30.3 Å². The second-order valence-corrected chi connectivity index (χ2v) is 3.95. The Morgan fingerprint density at radius 3 is 2.64 bits per heavy atom. The van der Waals surface area contributed by atoms with Crippen LogP contribution in [0.25, 0.3) is 11.1 Å². The molecule has 1 aromatic heterocycles. The molecule has 72 valence electrons. The fourth-order valence-corrected chi connectivity index (χ4v) is 2.39. The largest absolute Gasteiger partial charge is 0.316 e. The fourth-order valence-electron chi connectivity index (χ4n) is 1.52. The van der Waals surface area contributed by atoms with Gasteiger partial charge in [0.15, 0.2) is 0 Å². The Hall–Kier alpha value is -1.12. The average molecular weight is 203 g/mol. The third-order valence-electron chi connectivity index (χ3n) is 2.19. The van der Waals surface area contributed by atoms with Crippen molar-refractivity contribution in [3.05, 3.63) is 46.7 Å². The zero-order valence-corrected chi connectivity index (χ0v) is 8.97. The Balaban J connectivity index is 2.37. The Morgan fingerprint density at radius 1 is 1.14 bits per heavy atom. The van der Waals surface area contributed by atoms with Gasteiger partial charge in [-0.2, -0.15) is 11.3 Å². The summed E-state index contributed by atoms with van der Waals surface area (Å²) in [6, 6.07) is 10.5. The maximum absolute atomic E-state index is 3.19. The van der Waals surface area contributed by atoms with Gasteiger partial charge in [-0.25, -0.2) is 0 Å². The van der Waals surface area contributed by atoms with E-state index in [0.29, 0.717) is 0 Å². The number of thiophene rings is 1. The highest BCUT2D eigenvalue weighted by atomic mass is 32.1. The maximum atomic E-state index is 3.19. The molecule has 14 heavy (non-hydrogen) atoms. The third-order valence-corrected chi connectivity index (χ3v) is 2.99. The number of hydrogen-bond donors (Lipinski definition) is 1. The molecule has 0 saturated heterocycles. The van der Waals surface area contributed by atoms with Gasteiger partial charge in [0.1, 0.15) is 0 Å². The van der Waals surface area contributed by atoms with Gasteiger partial charge in [-0.05, 0) is 34.5 Å². The summed E-state index contributed by atoms with van der Waals surface area (Å²) in [5.74, 6) is 0. The van der Waals surface area contributed by atoms with Gasteiger partial charge in [0.25, 0.3) is 0 Å². The molecule has 2 heteroatoms. The van der Waals surface area contributed by atoms with Gasteiger partial charge in [-0.15, -0.1) is 0 Å². The van der Waals surface area contributed by atoms with Crippen molar-refractivity contribution in [3.63, 3.8) is 0 Å². The minimum absolute atomic E-state index is 0.938. The van der Waals surface area contributed by atoms with Crippen molar-refractivity contribution in [2.24, 2.45) is 0 Å². The number of rotatable bonds is 3. The maximum Gasteiger partial charge on any atom is 0.0216 e. The number of nitrogens with one attached hydrogen (secondary N) is 1. The topological polar surface area (TPSA) is 12.0 Å². The van der Waals surface area contributed by atoms with Crippen LogP contribution < -0.4 is 5.32 Å². The van der Waals surface area contributed by atoms with Crippen LogP contribution in [0.15, 0.2) is 41.1 Å². The molecule has 0 unspecified atom stereocenters. The van der Waals surface area contributed by atoms with Crippen molar-refractivity contribution >= 4 is 11.3 Å². The number of benzene rings is 1. The lowest BCUT2D eigenvalue weighted by Crippen LogP contribution is -2.04. The van der Waals surface area contributed by atoms with Crippen molar-refractivity contribution in [2.75, 3.05) is 7.05 Å². The Kier molecular flexibility index (Phi) is 2.96. The van der Waals surface area contributed by atoms with E-state index < -0.39 is 0 Å². The van der Waals surface area contributed by atoms with Crippen molar-refractivity contribution in [1.29, 1.82) is 0 Å². The predicted octanol–water partition coefficient (Wildman–Crippen LogP) is 3.13. The SMILES string of the molecule is CNCc1cscc1-c1ccccc1. The Bertz CT molecular complexity index is 392. The van der Waals surface area contributed by atoms with Crippen LogP contribution in [0, 0.1) is 0 Å². The standard InChI is InChI=1S/C12H13NS/c1-13-7-11-8-14-9-12(11)10-5-3-2-4-6-10/h2-6,8-9,13H,7H2,1H3. The summed E-state index contributed by atoms with van der Waals surface area (Å²) in [4.78, 5) is 0. The molecule has 1 nitrogen and oxygen atoms in total. The van der Waals surface area contributed by atoms with E-state index in [4.69, 9.17) is 0 Å². The molecule has 1 heterocycles. The van der Waals surface area contributed by atoms with E-state index in [1.54, 1.807) is 11.3 Å². The molecule has 0 bridgehead atoms. The van der Waals surface area contributed by atoms with Gasteiger partial charge in [-0.3, -0.25) is 0 Å². The summed E-state index contributed by atoms with van der Waals surface area (Å²) >= 11 is 1.76. The van der Waals surface area contributed by atoms with Crippen LogP contribution in [0.2, 0.25) is 0 Å². The van der Waals surface area contributed by atoms with Gasteiger partial charge < -0.3 is 5.32 Å². The van der Waals surface area contributed by atoms with E-state index >= 15 is 0 Å². The Labute approximate surface area is 88.4 Å². The minimum Gasteiger partial charge on any atom is -0.316 e. The lowest BCUT2D eigenvalue weighted by Gasteiger charge is -2.02. The van der Waals surface area contributed by atoms with Crippen LogP contribution in [-0.2, 0) is 6.54 Å². The molecule has 0 aliphatic heterocycles. The summed E-state index contributed by atoms with van der Waals surface area (Å²) in [6.45, 7) is 0.938. The smallest absolute Gasteiger partial charge is 0.0216 e. The average Bonchev–Trinajstić information content (AvgIpc) is 2.68.